The minimum absolute atomic E-state index is 0.653. The largest absolute Gasteiger partial charge is 0.297 e. The summed E-state index contributed by atoms with van der Waals surface area (Å²) in [5.74, 6) is 0.653. The van der Waals surface area contributed by atoms with Crippen LogP contribution in [0, 0.1) is 6.92 Å². The van der Waals surface area contributed by atoms with E-state index in [1.165, 1.54) is 34.1 Å². The van der Waals surface area contributed by atoms with Gasteiger partial charge in [-0.25, -0.2) is 0 Å². The van der Waals surface area contributed by atoms with Crippen molar-refractivity contribution in [3.8, 4) is 0 Å². The maximum absolute atomic E-state index is 11.1. The summed E-state index contributed by atoms with van der Waals surface area (Å²) < 4.78 is 1.26. The molecule has 0 unspecified atom stereocenters. The molecule has 0 radical (unpaired) electrons. The van der Waals surface area contributed by atoms with Crippen molar-refractivity contribution in [2.75, 3.05) is 0 Å². The predicted molar refractivity (Wildman–Crippen MR) is 63.9 cm³/mol. The second kappa shape index (κ2) is 3.17. The number of fused-ring (bicyclic) bond motifs is 1. The smallest absolute Gasteiger partial charge is 0.160 e. The average Bonchev–Trinajstić information content (AvgIpc) is 2.99. The van der Waals surface area contributed by atoms with E-state index in [1.54, 1.807) is 11.3 Å². The molecule has 1 nitrogen and oxygen atoms in total. The summed E-state index contributed by atoms with van der Waals surface area (Å²) in [5, 5.41) is 1.34. The molecule has 1 aliphatic carbocycles. The molecule has 0 saturated heterocycles. The zero-order valence-electron chi connectivity index (χ0n) is 8.62. The number of carbonyl (C=O) groups is 1. The highest BCUT2D eigenvalue weighted by molar-refractivity contribution is 7.20. The van der Waals surface area contributed by atoms with E-state index < -0.39 is 0 Å². The zero-order valence-corrected chi connectivity index (χ0v) is 9.43. The van der Waals surface area contributed by atoms with Gasteiger partial charge in [-0.2, -0.15) is 0 Å². The topological polar surface area (TPSA) is 17.1 Å². The molecular formula is C13H12OS. The lowest BCUT2D eigenvalue weighted by atomic mass is 10.0. The Morgan fingerprint density at radius 2 is 2.20 bits per heavy atom. The van der Waals surface area contributed by atoms with Crippen molar-refractivity contribution in [1.29, 1.82) is 0 Å². The Balaban J connectivity index is 2.40. The molecule has 0 atom stereocenters. The predicted octanol–water partition coefficient (Wildman–Crippen LogP) is 3.90. The van der Waals surface area contributed by atoms with Crippen LogP contribution >= 0.6 is 11.3 Å². The van der Waals surface area contributed by atoms with Crippen molar-refractivity contribution in [2.24, 2.45) is 0 Å². The summed E-state index contributed by atoms with van der Waals surface area (Å²) in [6.07, 6.45) is 3.53. The second-order valence-corrected chi connectivity index (χ2v) is 5.30. The normalized spacial score (nSPS) is 15.8. The third kappa shape index (κ3) is 1.32. The van der Waals surface area contributed by atoms with Crippen molar-refractivity contribution in [3.63, 3.8) is 0 Å². The summed E-state index contributed by atoms with van der Waals surface area (Å²) in [5.41, 5.74) is 2.63. The molecular weight excluding hydrogens is 204 g/mol. The van der Waals surface area contributed by atoms with E-state index in [0.717, 1.165) is 11.2 Å². The lowest BCUT2D eigenvalue weighted by Gasteiger charge is -2.00. The Hall–Kier alpha value is -1.15. The number of hydrogen-bond acceptors (Lipinski definition) is 2. The molecule has 15 heavy (non-hydrogen) atoms. The standard InChI is InChI=1S/C13H12OS/c1-8-3-2-4-10-12(8)13(9-5-6-9)11(7-14)15-10/h2-4,7,9H,5-6H2,1H3. The fourth-order valence-electron chi connectivity index (χ4n) is 2.23. The van der Waals surface area contributed by atoms with Crippen LogP contribution in [0.4, 0.5) is 0 Å². The van der Waals surface area contributed by atoms with E-state index in [0.29, 0.717) is 5.92 Å². The molecule has 1 heterocycles. The van der Waals surface area contributed by atoms with E-state index in [4.69, 9.17) is 0 Å². The molecule has 3 rings (SSSR count). The monoisotopic (exact) mass is 216 g/mol. The first kappa shape index (κ1) is 9.10. The summed E-state index contributed by atoms with van der Waals surface area (Å²) in [6, 6.07) is 6.32. The fraction of sp³-hybridized carbons (Fsp3) is 0.308. The first-order chi connectivity index (χ1) is 7.31. The molecule has 0 spiro atoms. The van der Waals surface area contributed by atoms with Gasteiger partial charge in [0.1, 0.15) is 0 Å². The van der Waals surface area contributed by atoms with Gasteiger partial charge in [-0.05, 0) is 48.3 Å². The molecule has 1 aromatic carbocycles. The molecule has 1 aliphatic rings. The number of carbonyl (C=O) groups excluding carboxylic acids is 1. The maximum Gasteiger partial charge on any atom is 0.160 e. The van der Waals surface area contributed by atoms with Crippen molar-refractivity contribution < 1.29 is 4.79 Å². The van der Waals surface area contributed by atoms with Crippen molar-refractivity contribution in [1.82, 2.24) is 0 Å². The van der Waals surface area contributed by atoms with Crippen molar-refractivity contribution in [2.45, 2.75) is 25.7 Å². The Bertz CT molecular complexity index is 535. The Morgan fingerprint density at radius 1 is 1.40 bits per heavy atom. The molecule has 1 fully saturated rings. The number of hydrogen-bond donors (Lipinski definition) is 0. The van der Waals surface area contributed by atoms with Gasteiger partial charge in [0.2, 0.25) is 0 Å². The molecule has 2 aromatic rings. The van der Waals surface area contributed by atoms with E-state index in [-0.39, 0.29) is 0 Å². The molecule has 76 valence electrons. The zero-order chi connectivity index (χ0) is 10.4. The molecule has 2 heteroatoms. The highest BCUT2D eigenvalue weighted by atomic mass is 32.1. The molecule has 1 saturated carbocycles. The van der Waals surface area contributed by atoms with Crippen LogP contribution in [-0.2, 0) is 0 Å². The van der Waals surface area contributed by atoms with Gasteiger partial charge >= 0.3 is 0 Å². The highest BCUT2D eigenvalue weighted by Crippen LogP contribution is 2.48. The van der Waals surface area contributed by atoms with E-state index >= 15 is 0 Å². The van der Waals surface area contributed by atoms with E-state index in [1.807, 2.05) is 0 Å². The van der Waals surface area contributed by atoms with Gasteiger partial charge in [-0.3, -0.25) is 4.79 Å². The maximum atomic E-state index is 11.1. The highest BCUT2D eigenvalue weighted by Gasteiger charge is 2.29. The summed E-state index contributed by atoms with van der Waals surface area (Å²) in [7, 11) is 0. The van der Waals surface area contributed by atoms with Crippen LogP contribution in [0.25, 0.3) is 10.1 Å². The van der Waals surface area contributed by atoms with Gasteiger partial charge in [0.05, 0.1) is 4.88 Å². The lowest BCUT2D eigenvalue weighted by Crippen LogP contribution is -1.85. The van der Waals surface area contributed by atoms with Gasteiger partial charge in [0.15, 0.2) is 6.29 Å². The molecule has 0 N–H and O–H groups in total. The van der Waals surface area contributed by atoms with Crippen LogP contribution in [-0.4, -0.2) is 6.29 Å². The number of aldehydes is 1. The van der Waals surface area contributed by atoms with Gasteiger partial charge in [0.25, 0.3) is 0 Å². The van der Waals surface area contributed by atoms with E-state index in [9.17, 15) is 4.79 Å². The van der Waals surface area contributed by atoms with Crippen LogP contribution < -0.4 is 0 Å². The first-order valence-electron chi connectivity index (χ1n) is 5.28. The molecule has 0 bridgehead atoms. The van der Waals surface area contributed by atoms with Crippen molar-refractivity contribution in [3.05, 3.63) is 34.2 Å². The summed E-state index contributed by atoms with van der Waals surface area (Å²) in [6.45, 7) is 2.13. The van der Waals surface area contributed by atoms with Crippen LogP contribution in [0.15, 0.2) is 18.2 Å². The third-order valence-electron chi connectivity index (χ3n) is 3.08. The third-order valence-corrected chi connectivity index (χ3v) is 4.18. The van der Waals surface area contributed by atoms with Gasteiger partial charge < -0.3 is 0 Å². The van der Waals surface area contributed by atoms with E-state index in [2.05, 4.69) is 25.1 Å². The Morgan fingerprint density at radius 3 is 2.87 bits per heavy atom. The second-order valence-electron chi connectivity index (χ2n) is 4.22. The number of benzene rings is 1. The lowest BCUT2D eigenvalue weighted by molar-refractivity contribution is 0.112. The number of thiophene rings is 1. The Kier molecular flexibility index (Phi) is 1.93. The summed E-state index contributed by atoms with van der Waals surface area (Å²) >= 11 is 1.64. The SMILES string of the molecule is Cc1cccc2sc(C=O)c(C3CC3)c12. The van der Waals surface area contributed by atoms with Gasteiger partial charge in [-0.1, -0.05) is 12.1 Å². The minimum Gasteiger partial charge on any atom is -0.297 e. The molecule has 1 aromatic heterocycles. The average molecular weight is 216 g/mol. The minimum atomic E-state index is 0.653. The van der Waals surface area contributed by atoms with Crippen LogP contribution in [0.1, 0.15) is 39.6 Å². The van der Waals surface area contributed by atoms with Crippen LogP contribution in [0.2, 0.25) is 0 Å². The van der Waals surface area contributed by atoms with Crippen LogP contribution in [0.5, 0.6) is 0 Å². The Labute approximate surface area is 92.7 Å². The molecule has 0 aliphatic heterocycles. The fourth-order valence-corrected chi connectivity index (χ4v) is 3.42. The summed E-state index contributed by atoms with van der Waals surface area (Å²) in [4.78, 5) is 12.0. The number of rotatable bonds is 2. The van der Waals surface area contributed by atoms with Gasteiger partial charge in [-0.15, -0.1) is 11.3 Å². The quantitative estimate of drug-likeness (QED) is 0.696. The number of aryl methyl sites for hydroxylation is 1. The first-order valence-corrected chi connectivity index (χ1v) is 6.10. The molecule has 0 amide bonds. The van der Waals surface area contributed by atoms with Crippen LogP contribution in [0.3, 0.4) is 0 Å². The van der Waals surface area contributed by atoms with Gasteiger partial charge in [0, 0.05) is 4.70 Å². The van der Waals surface area contributed by atoms with Crippen molar-refractivity contribution >= 4 is 27.7 Å².